The maximum atomic E-state index is 13.9. The van der Waals surface area contributed by atoms with Crippen LogP contribution in [-0.4, -0.2) is 55.6 Å². The number of ether oxygens (including phenoxy) is 2. The van der Waals surface area contributed by atoms with Crippen molar-refractivity contribution in [1.29, 1.82) is 0 Å². The third kappa shape index (κ3) is 4.92. The molecule has 4 rings (SSSR count). The third-order valence-corrected chi connectivity index (χ3v) is 8.96. The van der Waals surface area contributed by atoms with E-state index in [1.54, 1.807) is 30.3 Å². The van der Waals surface area contributed by atoms with E-state index in [1.807, 2.05) is 34.6 Å². The molecule has 39 heavy (non-hydrogen) atoms. The van der Waals surface area contributed by atoms with Crippen LogP contribution in [0.25, 0.3) is 5.69 Å². The van der Waals surface area contributed by atoms with Crippen molar-refractivity contribution < 1.29 is 32.3 Å². The molecule has 0 amide bonds. The quantitative estimate of drug-likeness (QED) is 0.417. The second-order valence-electron chi connectivity index (χ2n) is 10.2. The Bertz CT molecular complexity index is 1510. The fourth-order valence-electron chi connectivity index (χ4n) is 4.35. The zero-order valence-corrected chi connectivity index (χ0v) is 24.0. The molecule has 2 aromatic carbocycles. The van der Waals surface area contributed by atoms with Gasteiger partial charge in [0.1, 0.15) is 23.0 Å². The second-order valence-corrected chi connectivity index (χ2v) is 12.1. The van der Waals surface area contributed by atoms with Crippen molar-refractivity contribution in [2.45, 2.75) is 68.5 Å². The van der Waals surface area contributed by atoms with Gasteiger partial charge in [-0.3, -0.25) is 9.36 Å². The van der Waals surface area contributed by atoms with Crippen LogP contribution in [0.3, 0.4) is 0 Å². The van der Waals surface area contributed by atoms with Crippen molar-refractivity contribution >= 4 is 22.4 Å². The largest absolute Gasteiger partial charge is 0.494 e. The number of rotatable bonds is 8. The number of methoxy groups -OCH3 is 2. The molecule has 2 heterocycles. The van der Waals surface area contributed by atoms with Gasteiger partial charge >= 0.3 is 7.12 Å². The van der Waals surface area contributed by atoms with E-state index < -0.39 is 44.5 Å². The predicted molar refractivity (Wildman–Crippen MR) is 146 cm³/mol. The van der Waals surface area contributed by atoms with Crippen LogP contribution < -0.4 is 20.5 Å². The Hall–Kier alpha value is -3.35. The van der Waals surface area contributed by atoms with E-state index in [0.29, 0.717) is 11.9 Å². The van der Waals surface area contributed by atoms with Crippen LogP contribution in [0.1, 0.15) is 46.9 Å². The molecule has 1 aliphatic heterocycles. The highest BCUT2D eigenvalue weighted by atomic mass is 32.2. The van der Waals surface area contributed by atoms with Gasteiger partial charge in [-0.25, -0.2) is 8.42 Å². The molecule has 1 N–H and O–H groups in total. The Balaban J connectivity index is 1.85. The highest BCUT2D eigenvalue weighted by Gasteiger charge is 2.51. The van der Waals surface area contributed by atoms with Gasteiger partial charge in [-0.2, -0.15) is 4.98 Å². The molecule has 0 aliphatic carbocycles. The number of aryl methyl sites for hydroxylation is 1. The van der Waals surface area contributed by atoms with Crippen LogP contribution in [0.2, 0.25) is 0 Å². The molecule has 0 bridgehead atoms. The lowest BCUT2D eigenvalue weighted by atomic mass is 9.79. The molecule has 0 saturated carbocycles. The van der Waals surface area contributed by atoms with Gasteiger partial charge in [-0.15, -0.1) is 0 Å². The summed E-state index contributed by atoms with van der Waals surface area (Å²) in [5.41, 5.74) is -1.29. The molecular formula is C27H33BN2O8S. The van der Waals surface area contributed by atoms with Gasteiger partial charge in [0.15, 0.2) is 4.90 Å². The molecule has 10 nitrogen and oxygen atoms in total. The lowest BCUT2D eigenvalue weighted by Gasteiger charge is -2.32. The van der Waals surface area contributed by atoms with Crippen molar-refractivity contribution in [1.82, 2.24) is 9.55 Å². The molecule has 0 unspecified atom stereocenters. The molecule has 1 aliphatic rings. The smallest absolute Gasteiger partial charge is 0.494 e. The van der Waals surface area contributed by atoms with Gasteiger partial charge in [-0.05, 0) is 63.8 Å². The first-order valence-electron chi connectivity index (χ1n) is 12.6. The molecular weight excluding hydrogens is 523 g/mol. The number of hydrogen-bond donors (Lipinski definition) is 1. The number of sulfone groups is 1. The normalized spacial score (nSPS) is 16.3. The minimum Gasteiger partial charge on any atom is -0.494 e. The lowest BCUT2D eigenvalue weighted by Crippen LogP contribution is -2.41. The first kappa shape index (κ1) is 28.7. The average Bonchev–Trinajstić information content (AvgIpc) is 3.10. The van der Waals surface area contributed by atoms with E-state index in [-0.39, 0.29) is 34.3 Å². The standard InChI is InChI=1S/C27H33BN2O8S/c1-8-10-21-29-24(31)23(25(32)30(21)22-19(35-6)11-9-12-20(22)36-7)39(33,34)18-15-13-17(14-16-18)28-37-26(2,3)27(4,5)38-28/h9,11-16,31H,8,10H2,1-7H3. The van der Waals surface area contributed by atoms with Crippen molar-refractivity contribution in [3.05, 3.63) is 58.6 Å². The summed E-state index contributed by atoms with van der Waals surface area (Å²) in [6.45, 7) is 9.56. The summed E-state index contributed by atoms with van der Waals surface area (Å²) in [5, 5.41) is 10.8. The topological polar surface area (TPSA) is 126 Å². The fourth-order valence-corrected chi connectivity index (χ4v) is 5.68. The molecule has 208 valence electrons. The van der Waals surface area contributed by atoms with Crippen LogP contribution >= 0.6 is 0 Å². The lowest BCUT2D eigenvalue weighted by molar-refractivity contribution is 0.00578. The van der Waals surface area contributed by atoms with Crippen LogP contribution in [0, 0.1) is 0 Å². The molecule has 0 atom stereocenters. The summed E-state index contributed by atoms with van der Waals surface area (Å²) in [7, 11) is -2.33. The fraction of sp³-hybridized carbons (Fsp3) is 0.407. The number of hydrogen-bond acceptors (Lipinski definition) is 9. The number of nitrogens with zero attached hydrogens (tertiary/aromatic N) is 2. The van der Waals surface area contributed by atoms with E-state index in [2.05, 4.69) is 4.98 Å². The van der Waals surface area contributed by atoms with E-state index in [1.165, 1.54) is 26.4 Å². The van der Waals surface area contributed by atoms with Crippen molar-refractivity contribution in [2.24, 2.45) is 0 Å². The maximum absolute atomic E-state index is 13.9. The highest BCUT2D eigenvalue weighted by Crippen LogP contribution is 2.37. The average molecular weight is 556 g/mol. The SMILES string of the molecule is CCCc1nc(O)c(S(=O)(=O)c2ccc(B3OC(C)(C)C(C)(C)O3)cc2)c(=O)n1-c1c(OC)cccc1OC. The molecule has 1 saturated heterocycles. The maximum Gasteiger partial charge on any atom is 0.494 e. The van der Waals surface area contributed by atoms with Gasteiger partial charge < -0.3 is 23.9 Å². The zero-order chi connectivity index (χ0) is 28.8. The molecule has 1 fully saturated rings. The Kier molecular flexibility index (Phi) is 7.59. The third-order valence-electron chi connectivity index (χ3n) is 7.18. The second kappa shape index (κ2) is 10.3. The first-order chi connectivity index (χ1) is 18.3. The molecule has 0 radical (unpaired) electrons. The predicted octanol–water partition coefficient (Wildman–Crippen LogP) is 3.04. The molecule has 12 heteroatoms. The monoisotopic (exact) mass is 556 g/mol. The molecule has 3 aromatic rings. The number of aromatic hydroxyl groups is 1. The molecule has 1 aromatic heterocycles. The van der Waals surface area contributed by atoms with Crippen molar-refractivity contribution in [3.8, 4) is 23.1 Å². The summed E-state index contributed by atoms with van der Waals surface area (Å²) in [4.78, 5) is 17.0. The minimum atomic E-state index is -4.50. The summed E-state index contributed by atoms with van der Waals surface area (Å²) >= 11 is 0. The number of aromatic nitrogens is 2. The van der Waals surface area contributed by atoms with Crippen LogP contribution in [0.4, 0.5) is 0 Å². The summed E-state index contributed by atoms with van der Waals surface area (Å²) in [5.74, 6) is -0.158. The minimum absolute atomic E-state index is 0.165. The Morgan fingerprint density at radius 3 is 2.00 bits per heavy atom. The Morgan fingerprint density at radius 2 is 1.51 bits per heavy atom. The Morgan fingerprint density at radius 1 is 0.974 bits per heavy atom. The zero-order valence-electron chi connectivity index (χ0n) is 23.1. The highest BCUT2D eigenvalue weighted by molar-refractivity contribution is 7.91. The van der Waals surface area contributed by atoms with E-state index in [4.69, 9.17) is 18.8 Å². The van der Waals surface area contributed by atoms with Gasteiger partial charge in [0, 0.05) is 6.42 Å². The van der Waals surface area contributed by atoms with Crippen LogP contribution in [0.5, 0.6) is 17.4 Å². The van der Waals surface area contributed by atoms with Gasteiger partial charge in [0.05, 0.1) is 30.3 Å². The molecule has 0 spiro atoms. The van der Waals surface area contributed by atoms with Crippen LogP contribution in [0.15, 0.2) is 57.1 Å². The van der Waals surface area contributed by atoms with E-state index in [9.17, 15) is 18.3 Å². The summed E-state index contributed by atoms with van der Waals surface area (Å²) in [6, 6.07) is 10.7. The summed E-state index contributed by atoms with van der Waals surface area (Å²) < 4.78 is 51.6. The number of benzene rings is 2. The van der Waals surface area contributed by atoms with Crippen LogP contribution in [-0.2, 0) is 25.6 Å². The van der Waals surface area contributed by atoms with Crippen molar-refractivity contribution in [2.75, 3.05) is 14.2 Å². The van der Waals surface area contributed by atoms with Gasteiger partial charge in [-0.1, -0.05) is 25.1 Å². The van der Waals surface area contributed by atoms with Crippen molar-refractivity contribution in [3.63, 3.8) is 0 Å². The van der Waals surface area contributed by atoms with Gasteiger partial charge in [0.25, 0.3) is 5.56 Å². The first-order valence-corrected chi connectivity index (χ1v) is 14.0. The van der Waals surface area contributed by atoms with E-state index >= 15 is 0 Å². The summed E-state index contributed by atoms with van der Waals surface area (Å²) in [6.07, 6.45) is 0.864. The Labute approximate surface area is 228 Å². The van der Waals surface area contributed by atoms with E-state index in [0.717, 1.165) is 4.57 Å². The number of para-hydroxylation sites is 1. The van der Waals surface area contributed by atoms with Gasteiger partial charge in [0.2, 0.25) is 15.7 Å².